The highest BCUT2D eigenvalue weighted by Crippen LogP contribution is 2.36. The van der Waals surface area contributed by atoms with E-state index in [-0.39, 0.29) is 17.5 Å². The van der Waals surface area contributed by atoms with Crippen molar-refractivity contribution in [1.29, 1.82) is 0 Å². The monoisotopic (exact) mass is 454 g/mol. The molecule has 0 saturated carbocycles. The summed E-state index contributed by atoms with van der Waals surface area (Å²) < 4.78 is 0. The van der Waals surface area contributed by atoms with Crippen molar-refractivity contribution in [2.75, 3.05) is 31.5 Å². The molecule has 1 fully saturated rings. The summed E-state index contributed by atoms with van der Waals surface area (Å²) in [5.74, 6) is -0.210. The van der Waals surface area contributed by atoms with E-state index < -0.39 is 4.92 Å². The number of piperazine rings is 1. The maximum Gasteiger partial charge on any atom is 0.283 e. The van der Waals surface area contributed by atoms with Gasteiger partial charge < -0.3 is 15.1 Å². The number of carbonyl (C=O) groups excluding carboxylic acids is 3. The molecule has 2 aromatic carbocycles. The van der Waals surface area contributed by atoms with E-state index in [1.165, 1.54) is 30.8 Å². The van der Waals surface area contributed by atoms with E-state index in [1.54, 1.807) is 52.3 Å². The van der Waals surface area contributed by atoms with E-state index in [2.05, 4.69) is 5.32 Å². The number of nitro groups is 1. The van der Waals surface area contributed by atoms with Gasteiger partial charge in [-0.25, -0.2) is 0 Å². The van der Waals surface area contributed by atoms with Crippen LogP contribution in [0.25, 0.3) is 6.08 Å². The molecule has 1 saturated heterocycles. The summed E-state index contributed by atoms with van der Waals surface area (Å²) >= 11 is 1.21. The molecule has 0 atom stereocenters. The average Bonchev–Trinajstić information content (AvgIpc) is 2.78. The molecule has 10 heteroatoms. The van der Waals surface area contributed by atoms with Gasteiger partial charge in [-0.3, -0.25) is 24.5 Å². The average molecular weight is 455 g/mol. The van der Waals surface area contributed by atoms with Gasteiger partial charge in [-0.05, 0) is 35.9 Å². The van der Waals surface area contributed by atoms with Crippen molar-refractivity contribution in [3.8, 4) is 0 Å². The van der Waals surface area contributed by atoms with E-state index in [9.17, 15) is 24.5 Å². The minimum Gasteiger partial charge on any atom is -0.339 e. The van der Waals surface area contributed by atoms with Crippen LogP contribution in [0.15, 0.2) is 58.3 Å². The lowest BCUT2D eigenvalue weighted by atomic mass is 10.2. The van der Waals surface area contributed by atoms with E-state index >= 15 is 0 Å². The number of carbonyl (C=O) groups is 3. The minimum atomic E-state index is -0.462. The smallest absolute Gasteiger partial charge is 0.283 e. The molecular formula is C22H22N4O5S. The molecule has 0 radical (unpaired) electrons. The van der Waals surface area contributed by atoms with E-state index in [0.29, 0.717) is 48.7 Å². The maximum atomic E-state index is 12.4. The Morgan fingerprint density at radius 1 is 1.09 bits per heavy atom. The normalized spacial score (nSPS) is 13.8. The maximum absolute atomic E-state index is 12.4. The van der Waals surface area contributed by atoms with Crippen LogP contribution in [0.5, 0.6) is 0 Å². The Hall–Kier alpha value is -3.66. The molecule has 166 valence electrons. The van der Waals surface area contributed by atoms with Gasteiger partial charge in [0.05, 0.1) is 9.82 Å². The largest absolute Gasteiger partial charge is 0.339 e. The third-order valence-corrected chi connectivity index (χ3v) is 5.98. The van der Waals surface area contributed by atoms with Crippen LogP contribution in [0, 0.1) is 10.1 Å². The fourth-order valence-electron chi connectivity index (χ4n) is 3.23. The standard InChI is InChI=1S/C22H22N4O5S/c1-16(28)24-9-11-25(12-10-24)22(29)8-6-17-5-7-21(20(13-17)26(30)31)32-19-4-2-3-18(14-19)23-15-27/h2-8,13-15H,9-12H2,1H3,(H,23,27)/b8-6+. The number of hydrogen-bond donors (Lipinski definition) is 1. The van der Waals surface area contributed by atoms with Crippen LogP contribution in [0.3, 0.4) is 0 Å². The second kappa shape index (κ2) is 10.6. The van der Waals surface area contributed by atoms with Gasteiger partial charge in [0.15, 0.2) is 0 Å². The third kappa shape index (κ3) is 5.94. The summed E-state index contributed by atoms with van der Waals surface area (Å²) in [6.07, 6.45) is 3.51. The lowest BCUT2D eigenvalue weighted by Gasteiger charge is -2.33. The first kappa shape index (κ1) is 23.0. The van der Waals surface area contributed by atoms with E-state index in [1.807, 2.05) is 0 Å². The number of nitrogens with zero attached hydrogens (tertiary/aromatic N) is 3. The molecule has 3 amide bonds. The van der Waals surface area contributed by atoms with E-state index in [0.717, 1.165) is 4.90 Å². The molecule has 1 aliphatic rings. The molecule has 0 unspecified atom stereocenters. The van der Waals surface area contributed by atoms with Crippen LogP contribution >= 0.6 is 11.8 Å². The fourth-order valence-corrected chi connectivity index (χ4v) is 4.19. The first-order valence-corrected chi connectivity index (χ1v) is 10.7. The zero-order chi connectivity index (χ0) is 23.1. The lowest BCUT2D eigenvalue weighted by Crippen LogP contribution is -2.49. The quantitative estimate of drug-likeness (QED) is 0.298. The number of nitro benzene ring substituents is 1. The summed E-state index contributed by atoms with van der Waals surface area (Å²) in [7, 11) is 0. The van der Waals surface area contributed by atoms with Crippen molar-refractivity contribution in [2.45, 2.75) is 16.7 Å². The first-order valence-electron chi connectivity index (χ1n) is 9.86. The molecule has 0 aromatic heterocycles. The number of anilines is 1. The van der Waals surface area contributed by atoms with Gasteiger partial charge >= 0.3 is 0 Å². The summed E-state index contributed by atoms with van der Waals surface area (Å²) in [5.41, 5.74) is 1.05. The van der Waals surface area contributed by atoms with Crippen molar-refractivity contribution in [2.24, 2.45) is 0 Å². The molecule has 32 heavy (non-hydrogen) atoms. The Morgan fingerprint density at radius 2 is 1.81 bits per heavy atom. The molecule has 1 N–H and O–H groups in total. The van der Waals surface area contributed by atoms with Crippen molar-refractivity contribution >= 4 is 47.4 Å². The summed E-state index contributed by atoms with van der Waals surface area (Å²) in [5, 5.41) is 14.2. The molecule has 0 bridgehead atoms. The SMILES string of the molecule is CC(=O)N1CCN(C(=O)/C=C/c2ccc(Sc3cccc(NC=O)c3)c([N+](=O)[O-])c2)CC1. The second-order valence-corrected chi connectivity index (χ2v) is 8.16. The van der Waals surface area contributed by atoms with Crippen molar-refractivity contribution in [1.82, 2.24) is 9.80 Å². The Kier molecular flexibility index (Phi) is 7.61. The van der Waals surface area contributed by atoms with Gasteiger partial charge in [0, 0.05) is 55.8 Å². The zero-order valence-corrected chi connectivity index (χ0v) is 18.2. The molecule has 9 nitrogen and oxygen atoms in total. The lowest BCUT2D eigenvalue weighted by molar-refractivity contribution is -0.387. The summed E-state index contributed by atoms with van der Waals surface area (Å²) in [6, 6.07) is 11.8. The summed E-state index contributed by atoms with van der Waals surface area (Å²) in [6.45, 7) is 3.41. The molecule has 1 aliphatic heterocycles. The zero-order valence-electron chi connectivity index (χ0n) is 17.4. The number of amides is 3. The molecule has 0 spiro atoms. The van der Waals surface area contributed by atoms with Gasteiger partial charge in [-0.15, -0.1) is 0 Å². The Labute approximate surface area is 189 Å². The van der Waals surface area contributed by atoms with Gasteiger partial charge in [-0.2, -0.15) is 0 Å². The van der Waals surface area contributed by atoms with E-state index in [4.69, 9.17) is 0 Å². The predicted molar refractivity (Wildman–Crippen MR) is 121 cm³/mol. The molecule has 1 heterocycles. The Bertz CT molecular complexity index is 1060. The third-order valence-electron chi connectivity index (χ3n) is 4.92. The Morgan fingerprint density at radius 3 is 2.47 bits per heavy atom. The second-order valence-electron chi connectivity index (χ2n) is 7.04. The summed E-state index contributed by atoms with van der Waals surface area (Å²) in [4.78, 5) is 50.1. The minimum absolute atomic E-state index is 0.00959. The molecular weight excluding hydrogens is 432 g/mol. The van der Waals surface area contributed by atoms with Gasteiger partial charge in [0.1, 0.15) is 0 Å². The van der Waals surface area contributed by atoms with Crippen molar-refractivity contribution < 1.29 is 19.3 Å². The first-order chi connectivity index (χ1) is 15.4. The number of hydrogen-bond acceptors (Lipinski definition) is 6. The highest BCUT2D eigenvalue weighted by atomic mass is 32.2. The van der Waals surface area contributed by atoms with Gasteiger partial charge in [0.25, 0.3) is 5.69 Å². The van der Waals surface area contributed by atoms with Crippen LogP contribution in [0.4, 0.5) is 11.4 Å². The highest BCUT2D eigenvalue weighted by molar-refractivity contribution is 7.99. The topological polar surface area (TPSA) is 113 Å². The van der Waals surface area contributed by atoms with Crippen molar-refractivity contribution in [3.05, 3.63) is 64.2 Å². The number of benzene rings is 2. The predicted octanol–water partition coefficient (Wildman–Crippen LogP) is 3.02. The van der Waals surface area contributed by atoms with Crippen LogP contribution in [0.1, 0.15) is 12.5 Å². The van der Waals surface area contributed by atoms with Crippen LogP contribution in [-0.2, 0) is 14.4 Å². The fraction of sp³-hybridized carbons (Fsp3) is 0.227. The van der Waals surface area contributed by atoms with Crippen LogP contribution in [0.2, 0.25) is 0 Å². The Balaban J connectivity index is 1.71. The van der Waals surface area contributed by atoms with Gasteiger partial charge in [0.2, 0.25) is 18.2 Å². The van der Waals surface area contributed by atoms with Crippen LogP contribution in [-0.4, -0.2) is 59.1 Å². The molecule has 0 aliphatic carbocycles. The number of rotatable bonds is 7. The molecule has 3 rings (SSSR count). The highest BCUT2D eigenvalue weighted by Gasteiger charge is 2.21. The van der Waals surface area contributed by atoms with Crippen LogP contribution < -0.4 is 5.32 Å². The number of nitrogens with one attached hydrogen (secondary N) is 1. The van der Waals surface area contributed by atoms with Gasteiger partial charge in [-0.1, -0.05) is 23.9 Å². The molecule has 2 aromatic rings. The van der Waals surface area contributed by atoms with Crippen molar-refractivity contribution in [3.63, 3.8) is 0 Å².